The van der Waals surface area contributed by atoms with Crippen molar-refractivity contribution in [2.75, 3.05) is 36.8 Å². The minimum absolute atomic E-state index is 0.860. The summed E-state index contributed by atoms with van der Waals surface area (Å²) in [4.78, 5) is 5.31. The number of fused-ring (bicyclic) bond motifs is 1. The van der Waals surface area contributed by atoms with Crippen molar-refractivity contribution < 1.29 is 0 Å². The van der Waals surface area contributed by atoms with Gasteiger partial charge in [-0.15, -0.1) is 0 Å². The molecule has 2 atom stereocenters. The van der Waals surface area contributed by atoms with Gasteiger partial charge in [-0.1, -0.05) is 6.42 Å². The molecule has 0 radical (unpaired) electrons. The number of hydrogen-bond acceptors (Lipinski definition) is 3. The lowest BCUT2D eigenvalue weighted by molar-refractivity contribution is 0.149. The van der Waals surface area contributed by atoms with E-state index in [1.807, 2.05) is 12.1 Å². The molecule has 0 aromatic heterocycles. The normalized spacial score (nSPS) is 31.5. The second kappa shape index (κ2) is 4.41. The molecular weight excluding hydrogens is 234 g/mol. The standard InChI is InChI=1S/C16H23N3/c17-14-4-6-16(7-5-14)19-10-12-8-18(9-13(12)11-19)15-2-1-3-15/h4-7,12-13,15H,1-3,8-11,17H2/t12-,13+. The van der Waals surface area contributed by atoms with E-state index in [0.717, 1.165) is 23.6 Å². The third-order valence-corrected chi connectivity index (χ3v) is 5.36. The van der Waals surface area contributed by atoms with E-state index >= 15 is 0 Å². The Labute approximate surface area is 115 Å². The van der Waals surface area contributed by atoms with Crippen LogP contribution in [-0.4, -0.2) is 37.1 Å². The predicted molar refractivity (Wildman–Crippen MR) is 79.3 cm³/mol. The Morgan fingerprint density at radius 3 is 2.05 bits per heavy atom. The first-order valence-corrected chi connectivity index (χ1v) is 7.64. The first kappa shape index (κ1) is 11.6. The molecule has 1 saturated carbocycles. The van der Waals surface area contributed by atoms with Gasteiger partial charge in [-0.3, -0.25) is 4.90 Å². The Balaban J connectivity index is 1.41. The lowest BCUT2D eigenvalue weighted by atomic mass is 9.92. The molecule has 3 aliphatic rings. The molecule has 1 aromatic rings. The molecular formula is C16H23N3. The quantitative estimate of drug-likeness (QED) is 0.824. The van der Waals surface area contributed by atoms with Crippen LogP contribution < -0.4 is 10.6 Å². The molecule has 3 nitrogen and oxygen atoms in total. The fourth-order valence-electron chi connectivity index (χ4n) is 3.98. The smallest absolute Gasteiger partial charge is 0.0367 e. The maximum atomic E-state index is 5.77. The summed E-state index contributed by atoms with van der Waals surface area (Å²) in [5, 5.41) is 0. The zero-order chi connectivity index (χ0) is 12.8. The van der Waals surface area contributed by atoms with E-state index < -0.39 is 0 Å². The second-order valence-corrected chi connectivity index (χ2v) is 6.56. The molecule has 2 N–H and O–H groups in total. The maximum absolute atomic E-state index is 5.77. The first-order chi connectivity index (χ1) is 9.29. The van der Waals surface area contributed by atoms with Gasteiger partial charge >= 0.3 is 0 Å². The lowest BCUT2D eigenvalue weighted by Crippen LogP contribution is -2.40. The van der Waals surface area contributed by atoms with E-state index in [-0.39, 0.29) is 0 Å². The van der Waals surface area contributed by atoms with Crippen molar-refractivity contribution in [3.8, 4) is 0 Å². The van der Waals surface area contributed by atoms with Crippen LogP contribution in [0.25, 0.3) is 0 Å². The summed E-state index contributed by atoms with van der Waals surface area (Å²) in [6, 6.07) is 9.30. The molecule has 0 bridgehead atoms. The van der Waals surface area contributed by atoms with Crippen LogP contribution in [0.1, 0.15) is 19.3 Å². The molecule has 2 saturated heterocycles. The number of nitrogen functional groups attached to an aromatic ring is 1. The highest BCUT2D eigenvalue weighted by atomic mass is 15.3. The molecule has 0 amide bonds. The summed E-state index contributed by atoms with van der Waals surface area (Å²) in [6.07, 6.45) is 4.34. The van der Waals surface area contributed by atoms with Gasteiger partial charge in [0.1, 0.15) is 0 Å². The zero-order valence-electron chi connectivity index (χ0n) is 11.5. The maximum Gasteiger partial charge on any atom is 0.0367 e. The highest BCUT2D eigenvalue weighted by Crippen LogP contribution is 2.38. The van der Waals surface area contributed by atoms with Crippen molar-refractivity contribution in [3.63, 3.8) is 0 Å². The number of nitrogens with two attached hydrogens (primary N) is 1. The van der Waals surface area contributed by atoms with Crippen molar-refractivity contribution in [1.29, 1.82) is 0 Å². The van der Waals surface area contributed by atoms with Gasteiger partial charge in [0.25, 0.3) is 0 Å². The summed E-state index contributed by atoms with van der Waals surface area (Å²) in [5.41, 5.74) is 7.97. The Morgan fingerprint density at radius 1 is 0.895 bits per heavy atom. The SMILES string of the molecule is Nc1ccc(N2C[C@@H]3CN(C4CCC4)C[C@@H]3C2)cc1. The largest absolute Gasteiger partial charge is 0.399 e. The van der Waals surface area contributed by atoms with E-state index in [4.69, 9.17) is 5.73 Å². The molecule has 3 heteroatoms. The van der Waals surface area contributed by atoms with Gasteiger partial charge in [0.15, 0.2) is 0 Å². The molecule has 2 aliphatic heterocycles. The van der Waals surface area contributed by atoms with E-state index in [0.29, 0.717) is 0 Å². The fourth-order valence-corrected chi connectivity index (χ4v) is 3.98. The van der Waals surface area contributed by atoms with Gasteiger partial charge in [-0.25, -0.2) is 0 Å². The Hall–Kier alpha value is -1.22. The van der Waals surface area contributed by atoms with Crippen molar-refractivity contribution >= 4 is 11.4 Å². The molecule has 0 unspecified atom stereocenters. The Kier molecular flexibility index (Phi) is 2.69. The Morgan fingerprint density at radius 2 is 1.53 bits per heavy atom. The predicted octanol–water partition coefficient (Wildman–Crippen LogP) is 2.19. The van der Waals surface area contributed by atoms with Gasteiger partial charge in [0.05, 0.1) is 0 Å². The molecule has 102 valence electrons. The molecule has 2 heterocycles. The van der Waals surface area contributed by atoms with Gasteiger partial charge in [-0.05, 0) is 48.9 Å². The van der Waals surface area contributed by atoms with Crippen molar-refractivity contribution in [2.24, 2.45) is 11.8 Å². The molecule has 19 heavy (non-hydrogen) atoms. The minimum atomic E-state index is 0.860. The number of anilines is 2. The van der Waals surface area contributed by atoms with Crippen molar-refractivity contribution in [3.05, 3.63) is 24.3 Å². The number of hydrogen-bond donors (Lipinski definition) is 1. The Bertz CT molecular complexity index is 438. The summed E-state index contributed by atoms with van der Waals surface area (Å²) in [5.74, 6) is 1.77. The monoisotopic (exact) mass is 257 g/mol. The van der Waals surface area contributed by atoms with E-state index in [9.17, 15) is 0 Å². The number of benzene rings is 1. The van der Waals surface area contributed by atoms with Crippen molar-refractivity contribution in [2.45, 2.75) is 25.3 Å². The summed E-state index contributed by atoms with van der Waals surface area (Å²) >= 11 is 0. The molecule has 3 fully saturated rings. The van der Waals surface area contributed by atoms with Crippen LogP contribution in [0.15, 0.2) is 24.3 Å². The lowest BCUT2D eigenvalue weighted by Gasteiger charge is -2.35. The molecule has 4 rings (SSSR count). The number of nitrogens with zero attached hydrogens (tertiary/aromatic N) is 2. The summed E-state index contributed by atoms with van der Waals surface area (Å²) in [6.45, 7) is 5.14. The second-order valence-electron chi connectivity index (χ2n) is 6.56. The number of likely N-dealkylation sites (tertiary alicyclic amines) is 1. The summed E-state index contributed by atoms with van der Waals surface area (Å²) in [7, 11) is 0. The highest BCUT2D eigenvalue weighted by Gasteiger charge is 2.42. The van der Waals surface area contributed by atoms with Crippen LogP contribution in [0.5, 0.6) is 0 Å². The van der Waals surface area contributed by atoms with Gasteiger partial charge < -0.3 is 10.6 Å². The van der Waals surface area contributed by atoms with Crippen LogP contribution in [0.3, 0.4) is 0 Å². The van der Waals surface area contributed by atoms with Crippen LogP contribution in [0.2, 0.25) is 0 Å². The average molecular weight is 257 g/mol. The first-order valence-electron chi connectivity index (χ1n) is 7.64. The van der Waals surface area contributed by atoms with E-state index in [2.05, 4.69) is 21.9 Å². The van der Waals surface area contributed by atoms with Gasteiger partial charge in [0.2, 0.25) is 0 Å². The van der Waals surface area contributed by atoms with E-state index in [1.54, 1.807) is 0 Å². The van der Waals surface area contributed by atoms with Crippen LogP contribution in [0, 0.1) is 11.8 Å². The third-order valence-electron chi connectivity index (χ3n) is 5.36. The van der Waals surface area contributed by atoms with Crippen molar-refractivity contribution in [1.82, 2.24) is 4.90 Å². The van der Waals surface area contributed by atoms with Crippen LogP contribution >= 0.6 is 0 Å². The summed E-state index contributed by atoms with van der Waals surface area (Å²) < 4.78 is 0. The highest BCUT2D eigenvalue weighted by molar-refractivity contribution is 5.54. The van der Waals surface area contributed by atoms with Gasteiger partial charge in [0, 0.05) is 43.6 Å². The number of rotatable bonds is 2. The van der Waals surface area contributed by atoms with Crippen LogP contribution in [0.4, 0.5) is 11.4 Å². The third kappa shape index (κ3) is 2.00. The fraction of sp³-hybridized carbons (Fsp3) is 0.625. The van der Waals surface area contributed by atoms with Gasteiger partial charge in [-0.2, -0.15) is 0 Å². The van der Waals surface area contributed by atoms with Crippen LogP contribution in [-0.2, 0) is 0 Å². The topological polar surface area (TPSA) is 32.5 Å². The molecule has 0 spiro atoms. The molecule has 1 aromatic carbocycles. The minimum Gasteiger partial charge on any atom is -0.399 e. The van der Waals surface area contributed by atoms with E-state index in [1.165, 1.54) is 51.1 Å². The molecule has 1 aliphatic carbocycles. The average Bonchev–Trinajstić information content (AvgIpc) is 2.85. The zero-order valence-corrected chi connectivity index (χ0v) is 11.5.